The van der Waals surface area contributed by atoms with Crippen LogP contribution in [0.1, 0.15) is 39.5 Å². The highest BCUT2D eigenvalue weighted by Gasteiger charge is 2.62. The lowest BCUT2D eigenvalue weighted by Crippen LogP contribution is -2.43. The number of amides is 2. The van der Waals surface area contributed by atoms with Gasteiger partial charge in [0.05, 0.1) is 23.2 Å². The molecule has 2 atom stereocenters. The van der Waals surface area contributed by atoms with Crippen LogP contribution in [0.25, 0.3) is 10.8 Å². The van der Waals surface area contributed by atoms with Crippen molar-refractivity contribution in [2.24, 2.45) is 0 Å². The smallest absolute Gasteiger partial charge is 0.345 e. The average Bonchev–Trinajstić information content (AvgIpc) is 3.37. The molecule has 1 heterocycles. The van der Waals surface area contributed by atoms with Gasteiger partial charge in [0.1, 0.15) is 6.54 Å². The van der Waals surface area contributed by atoms with Gasteiger partial charge < -0.3 is 10.6 Å². The molecule has 1 aliphatic rings. The monoisotopic (exact) mass is 645 g/mol. The SMILES string of the molecule is O=C(CNC(=O)c1ccc(C2CC(c3cc(Cl)c(F)c(C(F)(F)F)c3)(C(F)(F)F)ON2)c2ccccc12)NCC(F)(F)F. The van der Waals surface area contributed by atoms with Crippen molar-refractivity contribution in [2.75, 3.05) is 13.1 Å². The summed E-state index contributed by atoms with van der Waals surface area (Å²) in [7, 11) is 0. The van der Waals surface area contributed by atoms with Crippen molar-refractivity contribution in [3.8, 4) is 0 Å². The number of alkyl halides is 9. The molecule has 0 saturated carbocycles. The second kappa shape index (κ2) is 11.5. The maximum Gasteiger partial charge on any atom is 0.423 e. The van der Waals surface area contributed by atoms with Gasteiger partial charge in [0, 0.05) is 12.0 Å². The van der Waals surface area contributed by atoms with Crippen LogP contribution >= 0.6 is 11.6 Å². The minimum absolute atomic E-state index is 0.0187. The number of benzene rings is 3. The molecule has 0 radical (unpaired) electrons. The Hall–Kier alpha value is -3.63. The van der Waals surface area contributed by atoms with E-state index in [0.717, 1.165) is 0 Å². The van der Waals surface area contributed by atoms with Crippen LogP contribution in [0.4, 0.5) is 43.9 Å². The van der Waals surface area contributed by atoms with Gasteiger partial charge in [-0.05, 0) is 40.1 Å². The number of nitrogens with one attached hydrogen (secondary N) is 3. The number of rotatable bonds is 6. The lowest BCUT2D eigenvalue weighted by atomic mass is 9.83. The minimum Gasteiger partial charge on any atom is -0.345 e. The average molecular weight is 646 g/mol. The second-order valence-corrected chi connectivity index (χ2v) is 9.85. The van der Waals surface area contributed by atoms with Crippen LogP contribution in [-0.4, -0.2) is 37.3 Å². The lowest BCUT2D eigenvalue weighted by Gasteiger charge is -2.31. The highest BCUT2D eigenvalue weighted by Crippen LogP contribution is 2.53. The van der Waals surface area contributed by atoms with E-state index in [0.29, 0.717) is 6.07 Å². The summed E-state index contributed by atoms with van der Waals surface area (Å²) >= 11 is 5.55. The fraction of sp³-hybridized carbons (Fsp3) is 0.308. The fourth-order valence-electron chi connectivity index (χ4n) is 4.60. The van der Waals surface area contributed by atoms with E-state index in [1.807, 2.05) is 0 Å². The lowest BCUT2D eigenvalue weighted by molar-refractivity contribution is -0.282. The first-order chi connectivity index (χ1) is 19.8. The van der Waals surface area contributed by atoms with Gasteiger partial charge >= 0.3 is 18.5 Å². The number of hydrogen-bond acceptors (Lipinski definition) is 4. The molecule has 1 saturated heterocycles. The molecule has 1 aliphatic heterocycles. The van der Waals surface area contributed by atoms with Gasteiger partial charge in [-0.1, -0.05) is 41.9 Å². The van der Waals surface area contributed by atoms with Crippen molar-refractivity contribution in [3.63, 3.8) is 0 Å². The largest absolute Gasteiger partial charge is 0.423 e. The van der Waals surface area contributed by atoms with Crippen molar-refractivity contribution >= 4 is 34.2 Å². The van der Waals surface area contributed by atoms with E-state index in [-0.39, 0.29) is 28.0 Å². The Balaban J connectivity index is 1.66. The molecule has 43 heavy (non-hydrogen) atoms. The summed E-state index contributed by atoms with van der Waals surface area (Å²) in [6.07, 6.45) is -16.4. The molecule has 0 spiro atoms. The van der Waals surface area contributed by atoms with Crippen LogP contribution in [0.15, 0.2) is 48.5 Å². The number of hydrogen-bond donors (Lipinski definition) is 3. The summed E-state index contributed by atoms with van der Waals surface area (Å²) in [5.74, 6) is -3.96. The molecule has 232 valence electrons. The van der Waals surface area contributed by atoms with Crippen molar-refractivity contribution in [2.45, 2.75) is 36.6 Å². The van der Waals surface area contributed by atoms with Gasteiger partial charge in [0.15, 0.2) is 5.82 Å². The van der Waals surface area contributed by atoms with Crippen LogP contribution in [0.2, 0.25) is 5.02 Å². The maximum atomic E-state index is 14.5. The number of halogens is 11. The van der Waals surface area contributed by atoms with Gasteiger partial charge in [-0.3, -0.25) is 14.4 Å². The molecule has 17 heteroatoms. The Kier molecular flexibility index (Phi) is 8.61. The standard InChI is InChI=1S/C26H18ClF10N3O3/c27-18-8-12(7-17(21(18)28)25(32,33)34)23(26(35,36)37)9-19(40-43-23)15-5-6-16(14-4-2-1-3-13(14)15)22(42)38-10-20(41)39-11-24(29,30)31/h1-8,19,40H,9-11H2,(H,38,42)(H,39,41). The molecule has 3 N–H and O–H groups in total. The minimum atomic E-state index is -5.37. The molecule has 0 aliphatic carbocycles. The highest BCUT2D eigenvalue weighted by molar-refractivity contribution is 6.30. The van der Waals surface area contributed by atoms with E-state index in [4.69, 9.17) is 16.4 Å². The van der Waals surface area contributed by atoms with Crippen LogP contribution in [-0.2, 0) is 21.4 Å². The molecule has 2 unspecified atom stereocenters. The molecule has 0 aromatic heterocycles. The number of hydroxylamine groups is 1. The van der Waals surface area contributed by atoms with Gasteiger partial charge in [0.25, 0.3) is 5.91 Å². The molecule has 6 nitrogen and oxygen atoms in total. The maximum absolute atomic E-state index is 14.5. The third-order valence-electron chi connectivity index (χ3n) is 6.60. The summed E-state index contributed by atoms with van der Waals surface area (Å²) in [6.45, 7) is -2.42. The third kappa shape index (κ3) is 6.65. The van der Waals surface area contributed by atoms with E-state index in [9.17, 15) is 53.5 Å². The predicted molar refractivity (Wildman–Crippen MR) is 131 cm³/mol. The van der Waals surface area contributed by atoms with E-state index < -0.39 is 83.5 Å². The summed E-state index contributed by atoms with van der Waals surface area (Å²) < 4.78 is 135. The molecular weight excluding hydrogens is 628 g/mol. The van der Waals surface area contributed by atoms with Gasteiger partial charge in [0.2, 0.25) is 11.5 Å². The zero-order chi connectivity index (χ0) is 32.0. The summed E-state index contributed by atoms with van der Waals surface area (Å²) in [5, 5.41) is 2.92. The molecule has 3 aromatic rings. The predicted octanol–water partition coefficient (Wildman–Crippen LogP) is 6.48. The molecule has 0 bridgehead atoms. The zero-order valence-corrected chi connectivity index (χ0v) is 22.0. The first-order valence-electron chi connectivity index (χ1n) is 12.0. The molecule has 4 rings (SSSR count). The Labute approximate surface area is 240 Å². The summed E-state index contributed by atoms with van der Waals surface area (Å²) in [4.78, 5) is 29.3. The van der Waals surface area contributed by atoms with Crippen LogP contribution in [0.3, 0.4) is 0 Å². The Morgan fingerprint density at radius 1 is 0.953 bits per heavy atom. The van der Waals surface area contributed by atoms with Crippen LogP contribution in [0, 0.1) is 5.82 Å². The number of carbonyl (C=O) groups excluding carboxylic acids is 2. The van der Waals surface area contributed by atoms with E-state index in [2.05, 4.69) is 10.8 Å². The molecule has 2 amide bonds. The first kappa shape index (κ1) is 32.3. The van der Waals surface area contributed by atoms with E-state index >= 15 is 0 Å². The van der Waals surface area contributed by atoms with E-state index in [1.165, 1.54) is 36.4 Å². The normalized spacial score (nSPS) is 19.5. The van der Waals surface area contributed by atoms with Crippen molar-refractivity contribution in [1.82, 2.24) is 16.1 Å². The number of carbonyl (C=O) groups is 2. The molecule has 1 fully saturated rings. The van der Waals surface area contributed by atoms with Crippen molar-refractivity contribution < 1.29 is 58.3 Å². The summed E-state index contributed by atoms with van der Waals surface area (Å²) in [6, 6.07) is 7.31. The summed E-state index contributed by atoms with van der Waals surface area (Å²) in [5.41, 5.74) is -4.27. The molecule has 3 aromatic carbocycles. The second-order valence-electron chi connectivity index (χ2n) is 9.44. The third-order valence-corrected chi connectivity index (χ3v) is 6.87. The highest BCUT2D eigenvalue weighted by atomic mass is 35.5. The Morgan fingerprint density at radius 2 is 1.60 bits per heavy atom. The first-order valence-corrected chi connectivity index (χ1v) is 12.4. The van der Waals surface area contributed by atoms with Crippen LogP contribution in [0.5, 0.6) is 0 Å². The van der Waals surface area contributed by atoms with Crippen molar-refractivity contribution in [3.05, 3.63) is 81.6 Å². The van der Waals surface area contributed by atoms with E-state index in [1.54, 1.807) is 5.32 Å². The van der Waals surface area contributed by atoms with Gasteiger partial charge in [-0.25, -0.2) is 4.39 Å². The molecular formula is C26H18ClF10N3O3. The Bertz CT molecular complexity index is 1560. The topological polar surface area (TPSA) is 79.5 Å². The quantitative estimate of drug-likeness (QED) is 0.268. The fourth-order valence-corrected chi connectivity index (χ4v) is 4.82. The Morgan fingerprint density at radius 3 is 2.21 bits per heavy atom. The van der Waals surface area contributed by atoms with Gasteiger partial charge in [-0.15, -0.1) is 0 Å². The van der Waals surface area contributed by atoms with Crippen LogP contribution < -0.4 is 16.1 Å². The zero-order valence-electron chi connectivity index (χ0n) is 21.2. The number of fused-ring (bicyclic) bond motifs is 1. The van der Waals surface area contributed by atoms with Crippen molar-refractivity contribution in [1.29, 1.82) is 0 Å². The van der Waals surface area contributed by atoms with Gasteiger partial charge in [-0.2, -0.15) is 45.0 Å².